The van der Waals surface area contributed by atoms with Gasteiger partial charge in [0.1, 0.15) is 0 Å². The minimum Gasteiger partial charge on any atom is -0.493 e. The molecule has 0 bridgehead atoms. The Morgan fingerprint density at radius 3 is 1.66 bits per heavy atom. The molecule has 6 rings (SSSR count). The van der Waals surface area contributed by atoms with Gasteiger partial charge in [0.25, 0.3) is 0 Å². The second-order valence-electron chi connectivity index (χ2n) is 9.39. The summed E-state index contributed by atoms with van der Waals surface area (Å²) in [5.41, 5.74) is 5.14. The molecule has 2 heterocycles. The molecule has 4 aromatic carbocycles. The average molecular weight is 583 g/mol. The van der Waals surface area contributed by atoms with Gasteiger partial charge in [-0.25, -0.2) is 15.0 Å². The summed E-state index contributed by atoms with van der Waals surface area (Å²) in [6, 6.07) is 35.4. The van der Waals surface area contributed by atoms with E-state index in [1.54, 1.807) is 0 Å². The van der Waals surface area contributed by atoms with Crippen LogP contribution >= 0.6 is 24.8 Å². The number of pyridine rings is 2. The van der Waals surface area contributed by atoms with Crippen LogP contribution in [0.4, 0.5) is 17.1 Å². The highest BCUT2D eigenvalue weighted by Gasteiger charge is 2.07. The maximum absolute atomic E-state index is 10.6. The van der Waals surface area contributed by atoms with Crippen molar-refractivity contribution in [2.75, 3.05) is 0 Å². The number of hydrogen-bond donors (Lipinski definition) is 1. The minimum atomic E-state index is -0.0504. The SMILES string of the molecule is Cl.Cl.Cn1ccc(=Nc2ccc(C(O)=Nc3ccc(N=c4c5ccccc5n(C)c5ccccc45)cc3)cc2)cc1. The maximum atomic E-state index is 10.6. The molecule has 2 aromatic heterocycles. The third-order valence-corrected chi connectivity index (χ3v) is 6.71. The number of nitrogens with zero attached hydrogens (tertiary/aromatic N) is 5. The highest BCUT2D eigenvalue weighted by atomic mass is 35.5. The highest BCUT2D eigenvalue weighted by Crippen LogP contribution is 2.22. The van der Waals surface area contributed by atoms with E-state index in [1.807, 2.05) is 109 Å². The summed E-state index contributed by atoms with van der Waals surface area (Å²) in [5, 5.41) is 14.6. The molecule has 0 saturated carbocycles. The number of hydrogen-bond acceptors (Lipinski definition) is 3. The standard InChI is InChI=1S/C33H27N5O.2ClH/c1-37-21-19-27(20-22-37)34-24-13-11-23(12-14-24)33(39)36-26-17-15-25(16-18-26)35-32-28-7-3-5-9-30(28)38(2)31-10-6-4-8-29(31)32;;/h3-22H,1-2H3,(H,36,39);2*1H. The molecule has 0 unspecified atom stereocenters. The first-order chi connectivity index (χ1) is 19.0. The number of aliphatic hydroxyl groups is 1. The summed E-state index contributed by atoms with van der Waals surface area (Å²) >= 11 is 0. The van der Waals surface area contributed by atoms with E-state index in [0.29, 0.717) is 11.3 Å². The quantitative estimate of drug-likeness (QED) is 0.130. The van der Waals surface area contributed by atoms with Crippen molar-refractivity contribution < 1.29 is 5.11 Å². The zero-order chi connectivity index (χ0) is 26.8. The molecule has 206 valence electrons. The molecule has 8 heteroatoms. The predicted molar refractivity (Wildman–Crippen MR) is 172 cm³/mol. The second-order valence-corrected chi connectivity index (χ2v) is 9.39. The number of fused-ring (bicyclic) bond motifs is 2. The molecule has 0 fully saturated rings. The van der Waals surface area contributed by atoms with Gasteiger partial charge in [0.15, 0.2) is 0 Å². The van der Waals surface area contributed by atoms with Gasteiger partial charge in [-0.15, -0.1) is 24.8 Å². The fraction of sp³-hybridized carbons (Fsp3) is 0.0606. The lowest BCUT2D eigenvalue weighted by molar-refractivity contribution is 0.555. The van der Waals surface area contributed by atoms with E-state index in [9.17, 15) is 5.11 Å². The van der Waals surface area contributed by atoms with Gasteiger partial charge in [0.2, 0.25) is 5.90 Å². The molecular formula is C33H29Cl2N5O. The molecule has 0 atom stereocenters. The monoisotopic (exact) mass is 581 g/mol. The van der Waals surface area contributed by atoms with Crippen LogP contribution in [0.3, 0.4) is 0 Å². The van der Waals surface area contributed by atoms with Crippen molar-refractivity contribution in [3.8, 4) is 0 Å². The first-order valence-corrected chi connectivity index (χ1v) is 12.7. The van der Waals surface area contributed by atoms with Gasteiger partial charge in [0, 0.05) is 42.8 Å². The molecule has 0 radical (unpaired) electrons. The van der Waals surface area contributed by atoms with Gasteiger partial charge in [0.05, 0.1) is 38.8 Å². The summed E-state index contributed by atoms with van der Waals surface area (Å²) in [7, 11) is 4.05. The summed E-state index contributed by atoms with van der Waals surface area (Å²) in [4.78, 5) is 14.0. The molecule has 1 N–H and O–H groups in total. The number of aliphatic imine (C=N–C) groups is 1. The van der Waals surface area contributed by atoms with Crippen molar-refractivity contribution in [1.82, 2.24) is 9.13 Å². The third-order valence-electron chi connectivity index (χ3n) is 6.71. The molecule has 0 saturated heterocycles. The molecule has 6 aromatic rings. The topological polar surface area (TPSA) is 67.2 Å². The van der Waals surface area contributed by atoms with Crippen molar-refractivity contribution in [2.24, 2.45) is 29.1 Å². The van der Waals surface area contributed by atoms with E-state index >= 15 is 0 Å². The predicted octanol–water partition coefficient (Wildman–Crippen LogP) is 7.61. The van der Waals surface area contributed by atoms with Crippen molar-refractivity contribution >= 4 is 69.6 Å². The zero-order valence-electron chi connectivity index (χ0n) is 22.5. The summed E-state index contributed by atoms with van der Waals surface area (Å²) < 4.78 is 4.16. The number of benzene rings is 4. The van der Waals surface area contributed by atoms with Crippen LogP contribution < -0.4 is 10.7 Å². The van der Waals surface area contributed by atoms with E-state index in [0.717, 1.165) is 43.9 Å². The minimum absolute atomic E-state index is 0. The van der Waals surface area contributed by atoms with E-state index in [-0.39, 0.29) is 30.7 Å². The van der Waals surface area contributed by atoms with Crippen LogP contribution in [0.15, 0.2) is 137 Å². The number of para-hydroxylation sites is 2. The lowest BCUT2D eigenvalue weighted by Crippen LogP contribution is -2.10. The van der Waals surface area contributed by atoms with Crippen molar-refractivity contribution in [3.05, 3.63) is 138 Å². The van der Waals surface area contributed by atoms with Crippen molar-refractivity contribution in [2.45, 2.75) is 0 Å². The second kappa shape index (κ2) is 12.7. The van der Waals surface area contributed by atoms with Crippen LogP contribution in [0.25, 0.3) is 21.8 Å². The first kappa shape index (κ1) is 29.3. The molecule has 0 amide bonds. The summed E-state index contributed by atoms with van der Waals surface area (Å²) in [6.45, 7) is 0. The normalized spacial score (nSPS) is 11.0. The Bertz CT molecular complexity index is 1910. The Hall–Kier alpha value is -4.65. The largest absolute Gasteiger partial charge is 0.493 e. The Morgan fingerprint density at radius 2 is 1.07 bits per heavy atom. The molecule has 0 aliphatic heterocycles. The van der Waals surface area contributed by atoms with Crippen LogP contribution in [-0.4, -0.2) is 20.1 Å². The Labute approximate surface area is 250 Å². The van der Waals surface area contributed by atoms with Crippen LogP contribution in [0.5, 0.6) is 0 Å². The first-order valence-electron chi connectivity index (χ1n) is 12.7. The van der Waals surface area contributed by atoms with Crippen LogP contribution in [0.2, 0.25) is 0 Å². The van der Waals surface area contributed by atoms with Gasteiger partial charge in [-0.05, 0) is 72.8 Å². The number of halogens is 2. The van der Waals surface area contributed by atoms with Crippen LogP contribution in [0.1, 0.15) is 5.56 Å². The van der Waals surface area contributed by atoms with E-state index < -0.39 is 0 Å². The highest BCUT2D eigenvalue weighted by molar-refractivity contribution is 5.95. The summed E-state index contributed by atoms with van der Waals surface area (Å²) in [6.07, 6.45) is 3.91. The molecule has 0 aliphatic carbocycles. The van der Waals surface area contributed by atoms with Gasteiger partial charge < -0.3 is 14.2 Å². The molecule has 0 spiro atoms. The third kappa shape index (κ3) is 6.24. The smallest absolute Gasteiger partial charge is 0.218 e. The lowest BCUT2D eigenvalue weighted by Gasteiger charge is -2.11. The van der Waals surface area contributed by atoms with Gasteiger partial charge >= 0.3 is 0 Å². The lowest BCUT2D eigenvalue weighted by atomic mass is 10.1. The Kier molecular flexibility index (Phi) is 9.07. The number of aromatic nitrogens is 2. The van der Waals surface area contributed by atoms with Crippen molar-refractivity contribution in [3.63, 3.8) is 0 Å². The molecule has 41 heavy (non-hydrogen) atoms. The van der Waals surface area contributed by atoms with Gasteiger partial charge in [-0.2, -0.15) is 0 Å². The van der Waals surface area contributed by atoms with Crippen LogP contribution in [0, 0.1) is 0 Å². The van der Waals surface area contributed by atoms with E-state index in [2.05, 4.69) is 45.9 Å². The maximum Gasteiger partial charge on any atom is 0.218 e. The number of aliphatic hydroxyl groups excluding tert-OH is 1. The van der Waals surface area contributed by atoms with Crippen molar-refractivity contribution in [1.29, 1.82) is 0 Å². The fourth-order valence-electron chi connectivity index (χ4n) is 4.65. The van der Waals surface area contributed by atoms with Crippen LogP contribution in [-0.2, 0) is 14.1 Å². The zero-order valence-corrected chi connectivity index (χ0v) is 24.2. The average Bonchev–Trinajstić information content (AvgIpc) is 2.98. The molecular weight excluding hydrogens is 553 g/mol. The molecule has 0 aliphatic rings. The van der Waals surface area contributed by atoms with E-state index in [4.69, 9.17) is 4.99 Å². The van der Waals surface area contributed by atoms with E-state index in [1.165, 1.54) is 0 Å². The number of aryl methyl sites for hydroxylation is 2. The van der Waals surface area contributed by atoms with Gasteiger partial charge in [-0.1, -0.05) is 36.4 Å². The summed E-state index contributed by atoms with van der Waals surface area (Å²) in [5.74, 6) is -0.0504. The Morgan fingerprint density at radius 1 is 0.585 bits per heavy atom. The fourth-order valence-corrected chi connectivity index (χ4v) is 4.65. The molecule has 6 nitrogen and oxygen atoms in total. The number of rotatable bonds is 4. The van der Waals surface area contributed by atoms with Gasteiger partial charge in [-0.3, -0.25) is 0 Å². The Balaban J connectivity index is 0.00000194.